The predicted octanol–water partition coefficient (Wildman–Crippen LogP) is 2.37. The van der Waals surface area contributed by atoms with Gasteiger partial charge in [0.05, 0.1) is 5.71 Å². The summed E-state index contributed by atoms with van der Waals surface area (Å²) in [5.41, 5.74) is 0.920. The molecular formula is C7H11NS. The normalized spacial score (nSPS) is 12.6. The highest BCUT2D eigenvalue weighted by atomic mass is 32.1. The van der Waals surface area contributed by atoms with E-state index in [2.05, 4.69) is 4.99 Å². The van der Waals surface area contributed by atoms with Crippen LogP contribution in [0.15, 0.2) is 17.3 Å². The van der Waals surface area contributed by atoms with Gasteiger partial charge in [0.2, 0.25) is 0 Å². The Bertz CT molecular complexity index is 156. The second kappa shape index (κ2) is 4.39. The monoisotopic (exact) mass is 141 g/mol. The second-order valence-corrected chi connectivity index (χ2v) is 2.37. The maximum Gasteiger partial charge on any atom is 0.0508 e. The molecule has 0 aliphatic carbocycles. The van der Waals surface area contributed by atoms with E-state index in [1.54, 1.807) is 6.20 Å². The number of nitrogens with zero attached hydrogens (tertiary/aromatic N) is 1. The van der Waals surface area contributed by atoms with E-state index in [9.17, 15) is 0 Å². The first-order valence-electron chi connectivity index (χ1n) is 2.85. The zero-order valence-corrected chi connectivity index (χ0v) is 6.83. The van der Waals surface area contributed by atoms with Crippen molar-refractivity contribution in [3.63, 3.8) is 0 Å². The first-order valence-corrected chi connectivity index (χ1v) is 3.25. The average molecular weight is 141 g/mol. The topological polar surface area (TPSA) is 12.4 Å². The molecule has 0 saturated carbocycles. The SMILES string of the molecule is C/C=C\N=C(C)C(C)=S. The van der Waals surface area contributed by atoms with Gasteiger partial charge in [-0.2, -0.15) is 0 Å². The van der Waals surface area contributed by atoms with E-state index >= 15 is 0 Å². The third-order valence-electron chi connectivity index (χ3n) is 0.927. The van der Waals surface area contributed by atoms with Crippen molar-refractivity contribution in [3.05, 3.63) is 12.3 Å². The van der Waals surface area contributed by atoms with Crippen LogP contribution in [0, 0.1) is 0 Å². The van der Waals surface area contributed by atoms with Gasteiger partial charge in [-0.3, -0.25) is 4.99 Å². The molecule has 0 bridgehead atoms. The highest BCUT2D eigenvalue weighted by Crippen LogP contribution is 1.84. The largest absolute Gasteiger partial charge is 0.261 e. The fourth-order valence-electron chi connectivity index (χ4n) is 0.277. The molecule has 0 rings (SSSR count). The summed E-state index contributed by atoms with van der Waals surface area (Å²) in [7, 11) is 0. The van der Waals surface area contributed by atoms with Crippen LogP contribution in [-0.4, -0.2) is 10.6 Å². The van der Waals surface area contributed by atoms with Gasteiger partial charge in [-0.05, 0) is 20.8 Å². The highest BCUT2D eigenvalue weighted by molar-refractivity contribution is 7.82. The molecule has 0 saturated heterocycles. The maximum absolute atomic E-state index is 4.87. The van der Waals surface area contributed by atoms with Crippen molar-refractivity contribution >= 4 is 22.8 Å². The molecule has 0 spiro atoms. The van der Waals surface area contributed by atoms with Crippen LogP contribution in [0.2, 0.25) is 0 Å². The van der Waals surface area contributed by atoms with Gasteiger partial charge in [0, 0.05) is 11.1 Å². The summed E-state index contributed by atoms with van der Waals surface area (Å²) in [5.74, 6) is 0. The molecule has 0 aromatic heterocycles. The summed E-state index contributed by atoms with van der Waals surface area (Å²) in [5, 5.41) is 0. The van der Waals surface area contributed by atoms with Crippen LogP contribution in [0.5, 0.6) is 0 Å². The van der Waals surface area contributed by atoms with Gasteiger partial charge in [0.1, 0.15) is 0 Å². The molecule has 0 atom stereocenters. The standard InChI is InChI=1S/C7H11NS/c1-4-5-8-6(2)7(3)9/h4-5H,1-3H3/b5-4-,8-6?. The Balaban J connectivity index is 4.00. The Morgan fingerprint density at radius 1 is 1.44 bits per heavy atom. The van der Waals surface area contributed by atoms with E-state index < -0.39 is 0 Å². The van der Waals surface area contributed by atoms with Crippen LogP contribution in [0.3, 0.4) is 0 Å². The smallest absolute Gasteiger partial charge is 0.0508 e. The van der Waals surface area contributed by atoms with Crippen LogP contribution in [-0.2, 0) is 0 Å². The Morgan fingerprint density at radius 3 is 2.33 bits per heavy atom. The maximum atomic E-state index is 4.87. The first kappa shape index (κ1) is 8.50. The number of aliphatic imine (C=N–C) groups is 1. The van der Waals surface area contributed by atoms with Gasteiger partial charge in [-0.25, -0.2) is 0 Å². The first-order chi connectivity index (χ1) is 4.18. The molecule has 9 heavy (non-hydrogen) atoms. The van der Waals surface area contributed by atoms with Gasteiger partial charge in [0.25, 0.3) is 0 Å². The lowest BCUT2D eigenvalue weighted by Gasteiger charge is -1.89. The van der Waals surface area contributed by atoms with Gasteiger partial charge in [0.15, 0.2) is 0 Å². The summed E-state index contributed by atoms with van der Waals surface area (Å²) < 4.78 is 0. The molecule has 0 aliphatic rings. The van der Waals surface area contributed by atoms with Crippen molar-refractivity contribution < 1.29 is 0 Å². The van der Waals surface area contributed by atoms with Crippen molar-refractivity contribution in [2.45, 2.75) is 20.8 Å². The van der Waals surface area contributed by atoms with Gasteiger partial charge in [-0.15, -0.1) is 0 Å². The lowest BCUT2D eigenvalue weighted by molar-refractivity contribution is 1.52. The molecule has 0 heterocycles. The Labute approximate surface area is 61.5 Å². The summed E-state index contributed by atoms with van der Waals surface area (Å²) in [4.78, 5) is 4.89. The Hall–Kier alpha value is -0.500. The average Bonchev–Trinajstić information content (AvgIpc) is 1.82. The number of hydrogen-bond acceptors (Lipinski definition) is 2. The van der Waals surface area contributed by atoms with Crippen LogP contribution in [0.4, 0.5) is 0 Å². The minimum Gasteiger partial charge on any atom is -0.261 e. The molecule has 1 nitrogen and oxygen atoms in total. The molecule has 0 aromatic carbocycles. The molecule has 0 unspecified atom stereocenters. The summed E-state index contributed by atoms with van der Waals surface area (Å²) in [6.45, 7) is 5.70. The summed E-state index contributed by atoms with van der Waals surface area (Å²) >= 11 is 4.87. The van der Waals surface area contributed by atoms with Crippen molar-refractivity contribution in [3.8, 4) is 0 Å². The highest BCUT2D eigenvalue weighted by Gasteiger charge is 1.87. The van der Waals surface area contributed by atoms with E-state index in [1.807, 2.05) is 26.8 Å². The van der Waals surface area contributed by atoms with Crippen LogP contribution in [0.25, 0.3) is 0 Å². The van der Waals surface area contributed by atoms with E-state index in [4.69, 9.17) is 12.2 Å². The zero-order valence-electron chi connectivity index (χ0n) is 6.01. The number of thiocarbonyl (C=S) groups is 1. The fraction of sp³-hybridized carbons (Fsp3) is 0.429. The lowest BCUT2D eigenvalue weighted by atomic mass is 10.3. The van der Waals surface area contributed by atoms with Crippen LogP contribution < -0.4 is 0 Å². The minimum absolute atomic E-state index is 0.855. The van der Waals surface area contributed by atoms with Gasteiger partial charge in [-0.1, -0.05) is 18.3 Å². The molecular weight excluding hydrogens is 130 g/mol. The zero-order chi connectivity index (χ0) is 7.28. The molecule has 0 aliphatic heterocycles. The molecule has 0 amide bonds. The summed E-state index contributed by atoms with van der Waals surface area (Å²) in [6.07, 6.45) is 3.62. The van der Waals surface area contributed by atoms with Crippen LogP contribution >= 0.6 is 12.2 Å². The molecule has 2 heteroatoms. The molecule has 0 fully saturated rings. The van der Waals surface area contributed by atoms with E-state index in [0.717, 1.165) is 10.6 Å². The quantitative estimate of drug-likeness (QED) is 0.425. The lowest BCUT2D eigenvalue weighted by Crippen LogP contribution is -1.99. The summed E-state index contributed by atoms with van der Waals surface area (Å²) in [6, 6.07) is 0. The Morgan fingerprint density at radius 2 is 2.00 bits per heavy atom. The molecule has 50 valence electrons. The minimum atomic E-state index is 0.855. The molecule has 0 aromatic rings. The van der Waals surface area contributed by atoms with Crippen molar-refractivity contribution in [1.29, 1.82) is 0 Å². The van der Waals surface area contributed by atoms with Crippen molar-refractivity contribution in [2.75, 3.05) is 0 Å². The van der Waals surface area contributed by atoms with Gasteiger partial charge < -0.3 is 0 Å². The van der Waals surface area contributed by atoms with Crippen molar-refractivity contribution in [1.82, 2.24) is 0 Å². The third kappa shape index (κ3) is 4.03. The van der Waals surface area contributed by atoms with E-state index in [1.165, 1.54) is 0 Å². The van der Waals surface area contributed by atoms with Crippen LogP contribution in [0.1, 0.15) is 20.8 Å². The number of allylic oxidation sites excluding steroid dienone is 1. The predicted molar refractivity (Wildman–Crippen MR) is 46.2 cm³/mol. The van der Waals surface area contributed by atoms with Gasteiger partial charge >= 0.3 is 0 Å². The third-order valence-corrected chi connectivity index (χ3v) is 1.22. The number of rotatable bonds is 2. The van der Waals surface area contributed by atoms with E-state index in [0.29, 0.717) is 0 Å². The molecule has 0 radical (unpaired) electrons. The fourth-order valence-corrected chi connectivity index (χ4v) is 0.330. The number of hydrogen-bond donors (Lipinski definition) is 0. The van der Waals surface area contributed by atoms with Crippen molar-refractivity contribution in [2.24, 2.45) is 4.99 Å². The Kier molecular flexibility index (Phi) is 4.14. The second-order valence-electron chi connectivity index (χ2n) is 1.75. The van der Waals surface area contributed by atoms with E-state index in [-0.39, 0.29) is 0 Å². The molecule has 0 N–H and O–H groups in total.